The maximum Gasteiger partial charge on any atom is 0.270 e. The van der Waals surface area contributed by atoms with E-state index in [-0.39, 0.29) is 5.91 Å². The van der Waals surface area contributed by atoms with Gasteiger partial charge in [-0.25, -0.2) is 9.97 Å². The van der Waals surface area contributed by atoms with Gasteiger partial charge in [-0.05, 0) is 66.0 Å². The highest BCUT2D eigenvalue weighted by Gasteiger charge is 2.14. The van der Waals surface area contributed by atoms with Crippen LogP contribution in [0.5, 0.6) is 0 Å². The van der Waals surface area contributed by atoms with E-state index in [2.05, 4.69) is 30.2 Å². The summed E-state index contributed by atoms with van der Waals surface area (Å²) in [6.07, 6.45) is 3.40. The summed E-state index contributed by atoms with van der Waals surface area (Å²) in [6.45, 7) is 1.75. The summed E-state index contributed by atoms with van der Waals surface area (Å²) < 4.78 is 3.79. The molecule has 0 aliphatic rings. The molecule has 3 heterocycles. The molecule has 3 aromatic heterocycles. The normalized spacial score (nSPS) is 10.5. The van der Waals surface area contributed by atoms with E-state index in [0.717, 1.165) is 34.2 Å². The minimum absolute atomic E-state index is 0.265. The minimum atomic E-state index is -0.265. The first kappa shape index (κ1) is 17.7. The van der Waals surface area contributed by atoms with Crippen molar-refractivity contribution in [2.45, 2.75) is 6.92 Å². The topological polar surface area (TPSA) is 92.7 Å². The van der Waals surface area contributed by atoms with Crippen LogP contribution in [0.4, 0.5) is 17.3 Å². The first-order valence-electron chi connectivity index (χ1n) is 8.54. The zero-order valence-electron chi connectivity index (χ0n) is 15.0. The number of aromatic nitrogens is 4. The molecule has 1 aromatic carbocycles. The van der Waals surface area contributed by atoms with Gasteiger partial charge in [-0.15, -0.1) is 5.10 Å². The summed E-state index contributed by atoms with van der Waals surface area (Å²) in [4.78, 5) is 21.4. The van der Waals surface area contributed by atoms with E-state index < -0.39 is 0 Å². The fourth-order valence-electron chi connectivity index (χ4n) is 2.64. The number of carbonyl (C=O) groups is 1. The van der Waals surface area contributed by atoms with Gasteiger partial charge in [0.1, 0.15) is 16.5 Å². The lowest BCUT2D eigenvalue weighted by Crippen LogP contribution is -2.12. The van der Waals surface area contributed by atoms with E-state index in [4.69, 9.17) is 0 Å². The van der Waals surface area contributed by atoms with Crippen LogP contribution in [-0.4, -0.2) is 25.5 Å². The molecule has 0 bridgehead atoms. The number of amides is 1. The Kier molecular flexibility index (Phi) is 5.03. The molecule has 0 unspecified atom stereocenters. The minimum Gasteiger partial charge on any atom is -0.340 e. The first-order valence-corrected chi connectivity index (χ1v) is 9.31. The summed E-state index contributed by atoms with van der Waals surface area (Å²) in [5.74, 6) is 0.931. The fourth-order valence-corrected chi connectivity index (χ4v) is 3.19. The van der Waals surface area contributed by atoms with Crippen molar-refractivity contribution in [1.29, 1.82) is 0 Å². The molecule has 0 fully saturated rings. The number of carbonyl (C=O) groups excluding carboxylic acids is 1. The van der Waals surface area contributed by atoms with Crippen molar-refractivity contribution < 1.29 is 4.79 Å². The van der Waals surface area contributed by atoms with Gasteiger partial charge in [-0.3, -0.25) is 4.79 Å². The number of nitrogens with zero attached hydrogens (tertiary/aromatic N) is 4. The lowest BCUT2D eigenvalue weighted by molar-refractivity contribution is 0.102. The molecule has 0 aliphatic heterocycles. The SMILES string of the molecule is Cc1nnsc1C(=O)Nc1cc(-c2ccnc(Nc3ccccc3)c2)ccn1. The van der Waals surface area contributed by atoms with Crippen molar-refractivity contribution >= 4 is 34.8 Å². The summed E-state index contributed by atoms with van der Waals surface area (Å²) in [7, 11) is 0. The lowest BCUT2D eigenvalue weighted by Gasteiger charge is -2.09. The Hall–Kier alpha value is -3.65. The van der Waals surface area contributed by atoms with E-state index >= 15 is 0 Å². The maximum absolute atomic E-state index is 12.4. The van der Waals surface area contributed by atoms with E-state index in [9.17, 15) is 4.79 Å². The van der Waals surface area contributed by atoms with Crippen LogP contribution >= 0.6 is 11.5 Å². The summed E-state index contributed by atoms with van der Waals surface area (Å²) in [5.41, 5.74) is 3.44. The highest BCUT2D eigenvalue weighted by atomic mass is 32.1. The molecule has 0 saturated carbocycles. The van der Waals surface area contributed by atoms with Crippen molar-refractivity contribution in [3.63, 3.8) is 0 Å². The standard InChI is InChI=1S/C20H16N6OS/c1-13-19(28-26-25-13)20(27)24-18-12-15(8-10-22-18)14-7-9-21-17(11-14)23-16-5-3-2-4-6-16/h2-12H,1H3,(H,21,23)(H,22,24,27). The van der Waals surface area contributed by atoms with Crippen molar-refractivity contribution in [3.05, 3.63) is 77.6 Å². The van der Waals surface area contributed by atoms with Gasteiger partial charge >= 0.3 is 0 Å². The molecule has 0 saturated heterocycles. The molecule has 7 nitrogen and oxygen atoms in total. The summed E-state index contributed by atoms with van der Waals surface area (Å²) in [5, 5.41) is 9.94. The second-order valence-corrected chi connectivity index (χ2v) is 6.75. The lowest BCUT2D eigenvalue weighted by atomic mass is 10.1. The Morgan fingerprint density at radius 1 is 0.929 bits per heavy atom. The summed E-state index contributed by atoms with van der Waals surface area (Å²) in [6, 6.07) is 17.4. The van der Waals surface area contributed by atoms with Crippen LogP contribution < -0.4 is 10.6 Å². The highest BCUT2D eigenvalue weighted by molar-refractivity contribution is 7.08. The third kappa shape index (κ3) is 4.02. The average Bonchev–Trinajstić information content (AvgIpc) is 3.15. The quantitative estimate of drug-likeness (QED) is 0.529. The number of benzene rings is 1. The number of pyridine rings is 2. The molecule has 8 heteroatoms. The number of hydrogen-bond acceptors (Lipinski definition) is 7. The third-order valence-corrected chi connectivity index (χ3v) is 4.83. The third-order valence-electron chi connectivity index (χ3n) is 4.00. The molecule has 28 heavy (non-hydrogen) atoms. The van der Waals surface area contributed by atoms with Crippen LogP contribution in [0.1, 0.15) is 15.4 Å². The van der Waals surface area contributed by atoms with Crippen LogP contribution in [0.15, 0.2) is 67.0 Å². The second kappa shape index (κ2) is 7.93. The van der Waals surface area contributed by atoms with Gasteiger partial charge in [0.05, 0.1) is 5.69 Å². The van der Waals surface area contributed by atoms with Crippen LogP contribution in [0.25, 0.3) is 11.1 Å². The number of nitrogens with one attached hydrogen (secondary N) is 2. The monoisotopic (exact) mass is 388 g/mol. The van der Waals surface area contributed by atoms with E-state index in [1.165, 1.54) is 0 Å². The highest BCUT2D eigenvalue weighted by Crippen LogP contribution is 2.25. The van der Waals surface area contributed by atoms with Gasteiger partial charge in [0.25, 0.3) is 5.91 Å². The molecule has 1 amide bonds. The van der Waals surface area contributed by atoms with Gasteiger partial charge in [-0.2, -0.15) is 0 Å². The van der Waals surface area contributed by atoms with Crippen molar-refractivity contribution in [2.75, 3.05) is 10.6 Å². The summed E-state index contributed by atoms with van der Waals surface area (Å²) >= 11 is 1.06. The largest absolute Gasteiger partial charge is 0.340 e. The van der Waals surface area contributed by atoms with E-state index in [1.807, 2.05) is 54.6 Å². The smallest absolute Gasteiger partial charge is 0.270 e. The van der Waals surface area contributed by atoms with E-state index in [0.29, 0.717) is 16.4 Å². The van der Waals surface area contributed by atoms with Crippen LogP contribution in [0.3, 0.4) is 0 Å². The molecule has 0 atom stereocenters. The Morgan fingerprint density at radius 2 is 1.61 bits per heavy atom. The zero-order chi connectivity index (χ0) is 19.3. The molecule has 0 spiro atoms. The Balaban J connectivity index is 1.55. The molecule has 0 aliphatic carbocycles. The molecular formula is C20H16N6OS. The fraction of sp³-hybridized carbons (Fsp3) is 0.0500. The molecule has 2 N–H and O–H groups in total. The van der Waals surface area contributed by atoms with Gasteiger partial charge in [-0.1, -0.05) is 22.7 Å². The predicted octanol–water partition coefficient (Wildman–Crippen LogP) is 4.30. The molecule has 4 rings (SSSR count). The number of hydrogen-bond donors (Lipinski definition) is 2. The number of para-hydroxylation sites is 1. The Morgan fingerprint density at radius 3 is 2.29 bits per heavy atom. The predicted molar refractivity (Wildman–Crippen MR) is 110 cm³/mol. The van der Waals surface area contributed by atoms with Gasteiger partial charge < -0.3 is 10.6 Å². The number of rotatable bonds is 5. The first-order chi connectivity index (χ1) is 13.7. The molecule has 138 valence electrons. The number of aryl methyl sites for hydroxylation is 1. The number of anilines is 3. The van der Waals surface area contributed by atoms with Gasteiger partial charge in [0.15, 0.2) is 0 Å². The van der Waals surface area contributed by atoms with Crippen molar-refractivity contribution in [1.82, 2.24) is 19.6 Å². The Labute approximate surface area is 165 Å². The second-order valence-electron chi connectivity index (χ2n) is 5.99. The van der Waals surface area contributed by atoms with Gasteiger partial charge in [0, 0.05) is 18.1 Å². The van der Waals surface area contributed by atoms with Gasteiger partial charge in [0.2, 0.25) is 0 Å². The zero-order valence-corrected chi connectivity index (χ0v) is 15.8. The molecule has 0 radical (unpaired) electrons. The average molecular weight is 388 g/mol. The van der Waals surface area contributed by atoms with Crippen molar-refractivity contribution in [2.24, 2.45) is 0 Å². The van der Waals surface area contributed by atoms with Crippen LogP contribution in [0, 0.1) is 6.92 Å². The maximum atomic E-state index is 12.4. The molecule has 4 aromatic rings. The van der Waals surface area contributed by atoms with E-state index in [1.54, 1.807) is 19.3 Å². The van der Waals surface area contributed by atoms with Crippen LogP contribution in [0.2, 0.25) is 0 Å². The molecular weight excluding hydrogens is 372 g/mol. The Bertz CT molecular complexity index is 1110. The van der Waals surface area contributed by atoms with Crippen LogP contribution in [-0.2, 0) is 0 Å². The van der Waals surface area contributed by atoms with Crippen molar-refractivity contribution in [3.8, 4) is 11.1 Å².